The number of nitrogens with one attached hydrogen (secondary N) is 2. The van der Waals surface area contributed by atoms with E-state index in [0.29, 0.717) is 19.3 Å². The molecule has 0 bridgehead atoms. The molecule has 0 saturated heterocycles. The number of hydrogen-bond donors (Lipinski definition) is 6. The molecule has 0 aromatic rings. The van der Waals surface area contributed by atoms with Gasteiger partial charge in [0.15, 0.2) is 0 Å². The van der Waals surface area contributed by atoms with Gasteiger partial charge in [0.2, 0.25) is 11.8 Å². The van der Waals surface area contributed by atoms with Gasteiger partial charge in [-0.2, -0.15) is 0 Å². The summed E-state index contributed by atoms with van der Waals surface area (Å²) in [6, 6.07) is 0. The highest BCUT2D eigenvalue weighted by molar-refractivity contribution is 5.81. The third kappa shape index (κ3) is 28.3. The maximum Gasteiger partial charge on any atom is 0.317 e. The maximum atomic E-state index is 12.0. The van der Waals surface area contributed by atoms with Crippen LogP contribution in [0.15, 0.2) is 0 Å². The summed E-state index contributed by atoms with van der Waals surface area (Å²) in [6.07, 6.45) is 8.41. The van der Waals surface area contributed by atoms with E-state index < -0.39 is 56.0 Å². The Hall–Kier alpha value is -3.63. The van der Waals surface area contributed by atoms with Crippen molar-refractivity contribution in [2.45, 2.75) is 78.6 Å². The number of carbonyl (C=O) groups excluding carboxylic acids is 3. The topological polar surface area (TPSA) is 234 Å². The average molecular weight is 676 g/mol. The zero-order chi connectivity index (χ0) is 36.2. The molecule has 0 saturated carbocycles. The van der Waals surface area contributed by atoms with E-state index in [4.69, 9.17) is 20.4 Å². The molecule has 0 aromatic carbocycles. The number of carbonyl (C=O) groups is 7. The first-order valence-corrected chi connectivity index (χ1v) is 16.2. The van der Waals surface area contributed by atoms with Crippen LogP contribution in [0.4, 0.5) is 0 Å². The number of likely N-dealkylation sites (N-methyl/N-ethyl adjacent to an activating group) is 1. The molecule has 0 aliphatic heterocycles. The highest BCUT2D eigenvalue weighted by atomic mass is 16.4. The van der Waals surface area contributed by atoms with Crippen molar-refractivity contribution in [2.24, 2.45) is 5.92 Å². The largest absolute Gasteiger partial charge is 0.480 e. The van der Waals surface area contributed by atoms with Gasteiger partial charge < -0.3 is 31.1 Å². The van der Waals surface area contributed by atoms with Gasteiger partial charge in [-0.05, 0) is 19.3 Å². The highest BCUT2D eigenvalue weighted by Crippen LogP contribution is 2.15. The first-order valence-electron chi connectivity index (χ1n) is 16.2. The van der Waals surface area contributed by atoms with E-state index in [1.165, 1.54) is 36.1 Å². The SMILES string of the molecule is CCCCCCNC(=O)C(CCC)CCC(=O)CC.CNC(=O)CN(CCN(CCN(CC(=O)O)CC(=O)O)CC(=O)O)CC(=O)O. The molecule has 0 aliphatic rings. The lowest BCUT2D eigenvalue weighted by Gasteiger charge is -2.27. The molecule has 0 heterocycles. The predicted molar refractivity (Wildman–Crippen MR) is 174 cm³/mol. The normalized spacial score (nSPS) is 11.5. The molecule has 0 radical (unpaired) electrons. The van der Waals surface area contributed by atoms with Crippen molar-refractivity contribution in [3.8, 4) is 0 Å². The monoisotopic (exact) mass is 675 g/mol. The maximum absolute atomic E-state index is 12.0. The Balaban J connectivity index is 0. The first-order chi connectivity index (χ1) is 22.2. The van der Waals surface area contributed by atoms with Gasteiger partial charge in [-0.15, -0.1) is 0 Å². The third-order valence-corrected chi connectivity index (χ3v) is 7.05. The second-order valence-electron chi connectivity index (χ2n) is 11.2. The van der Waals surface area contributed by atoms with E-state index in [2.05, 4.69) is 24.5 Å². The van der Waals surface area contributed by atoms with Gasteiger partial charge in [-0.1, -0.05) is 46.5 Å². The Labute approximate surface area is 277 Å². The Kier molecular flexibility index (Phi) is 27.7. The molecule has 0 aromatic heterocycles. The Bertz CT molecular complexity index is 948. The lowest BCUT2D eigenvalue weighted by atomic mass is 9.95. The van der Waals surface area contributed by atoms with Gasteiger partial charge in [0.1, 0.15) is 5.78 Å². The summed E-state index contributed by atoms with van der Waals surface area (Å²) in [5, 5.41) is 41.0. The molecule has 0 spiro atoms. The molecule has 47 heavy (non-hydrogen) atoms. The molecule has 0 aliphatic carbocycles. The van der Waals surface area contributed by atoms with Crippen LogP contribution in [0.2, 0.25) is 0 Å². The smallest absolute Gasteiger partial charge is 0.317 e. The fraction of sp³-hybridized carbons (Fsp3) is 0.774. The summed E-state index contributed by atoms with van der Waals surface area (Å²) in [5.41, 5.74) is 0. The molecule has 1 unspecified atom stereocenters. The number of rotatable bonds is 28. The zero-order valence-corrected chi connectivity index (χ0v) is 28.5. The molecule has 2 amide bonds. The lowest BCUT2D eigenvalue weighted by Crippen LogP contribution is -2.46. The van der Waals surface area contributed by atoms with E-state index >= 15 is 0 Å². The molecule has 16 heteroatoms. The van der Waals surface area contributed by atoms with Crippen LogP contribution in [-0.2, 0) is 33.6 Å². The van der Waals surface area contributed by atoms with Gasteiger partial charge in [0.05, 0.1) is 32.7 Å². The molecule has 0 rings (SSSR count). The van der Waals surface area contributed by atoms with Crippen molar-refractivity contribution in [1.82, 2.24) is 25.3 Å². The Morgan fingerprint density at radius 2 is 1.06 bits per heavy atom. The number of unbranched alkanes of at least 4 members (excludes halogenated alkanes) is 3. The number of carboxylic acid groups (broad SMARTS) is 4. The van der Waals surface area contributed by atoms with Crippen LogP contribution in [0.1, 0.15) is 78.6 Å². The van der Waals surface area contributed by atoms with Crippen molar-refractivity contribution >= 4 is 41.5 Å². The van der Waals surface area contributed by atoms with Gasteiger partial charge >= 0.3 is 23.9 Å². The van der Waals surface area contributed by atoms with E-state index in [0.717, 1.165) is 30.7 Å². The van der Waals surface area contributed by atoms with Crippen LogP contribution in [0, 0.1) is 5.92 Å². The molecule has 0 fully saturated rings. The lowest BCUT2D eigenvalue weighted by molar-refractivity contribution is -0.143. The molecule has 6 N–H and O–H groups in total. The minimum Gasteiger partial charge on any atom is -0.480 e. The van der Waals surface area contributed by atoms with E-state index in [1.54, 1.807) is 0 Å². The van der Waals surface area contributed by atoms with Crippen molar-refractivity contribution in [2.75, 3.05) is 72.5 Å². The van der Waals surface area contributed by atoms with Gasteiger partial charge in [-0.25, -0.2) is 0 Å². The van der Waals surface area contributed by atoms with E-state index in [9.17, 15) is 33.6 Å². The minimum absolute atomic E-state index is 0.0136. The van der Waals surface area contributed by atoms with Crippen LogP contribution >= 0.6 is 0 Å². The van der Waals surface area contributed by atoms with Crippen LogP contribution in [0.25, 0.3) is 0 Å². The Morgan fingerprint density at radius 3 is 1.49 bits per heavy atom. The third-order valence-electron chi connectivity index (χ3n) is 7.05. The van der Waals surface area contributed by atoms with Crippen molar-refractivity contribution in [3.05, 3.63) is 0 Å². The van der Waals surface area contributed by atoms with E-state index in [-0.39, 0.29) is 50.3 Å². The number of hydrogen-bond acceptors (Lipinski definition) is 10. The summed E-state index contributed by atoms with van der Waals surface area (Å²) in [4.78, 5) is 82.3. The second-order valence-corrected chi connectivity index (χ2v) is 11.2. The average Bonchev–Trinajstić information content (AvgIpc) is 2.99. The molecule has 1 atom stereocenters. The zero-order valence-electron chi connectivity index (χ0n) is 28.5. The van der Waals surface area contributed by atoms with Gasteiger partial charge in [0.25, 0.3) is 0 Å². The number of nitrogens with zero attached hydrogens (tertiary/aromatic N) is 3. The van der Waals surface area contributed by atoms with Crippen molar-refractivity contribution in [1.29, 1.82) is 0 Å². The summed E-state index contributed by atoms with van der Waals surface area (Å²) in [6.45, 7) is 5.07. The van der Waals surface area contributed by atoms with E-state index in [1.807, 2.05) is 6.92 Å². The van der Waals surface area contributed by atoms with Crippen LogP contribution in [0.3, 0.4) is 0 Å². The quantitative estimate of drug-likeness (QED) is 0.0631. The first kappa shape index (κ1) is 45.5. The minimum atomic E-state index is -1.22. The second kappa shape index (κ2) is 28.6. The number of ketones is 1. The van der Waals surface area contributed by atoms with Gasteiger partial charge in [-0.3, -0.25) is 48.3 Å². The van der Waals surface area contributed by atoms with Crippen LogP contribution in [-0.4, -0.2) is 149 Å². The standard InChI is InChI=1S/C16H31NO2.C15H26N4O9/c1-4-7-8-9-13-17-16(19)14(10-5-2)11-12-15(18)6-3;1-16-11(20)6-18(8-13(23)24)4-2-17(7-12(21)22)3-5-19(9-14(25)26)10-15(27)28/h14H,4-13H2,1-3H3,(H,17,19);2-10H2,1H3,(H,16,20)(H,21,22)(H,23,24)(H,25,26)(H,27,28). The fourth-order valence-corrected chi connectivity index (χ4v) is 4.49. The molecular formula is C31H57N5O11. The summed E-state index contributed by atoms with van der Waals surface area (Å²) < 4.78 is 0. The number of carboxylic acids is 4. The van der Waals surface area contributed by atoms with Crippen molar-refractivity contribution < 1.29 is 54.0 Å². The van der Waals surface area contributed by atoms with Gasteiger partial charge in [0, 0.05) is 58.5 Å². The van der Waals surface area contributed by atoms with Crippen molar-refractivity contribution in [3.63, 3.8) is 0 Å². The number of aliphatic carboxylic acids is 4. The summed E-state index contributed by atoms with van der Waals surface area (Å²) >= 11 is 0. The Morgan fingerprint density at radius 1 is 0.596 bits per heavy atom. The highest BCUT2D eigenvalue weighted by Gasteiger charge is 2.20. The van der Waals surface area contributed by atoms with Crippen LogP contribution in [0.5, 0.6) is 0 Å². The number of Topliss-reactive ketones (excluding diaryl/α,β-unsaturated/α-hetero) is 1. The fourth-order valence-electron chi connectivity index (χ4n) is 4.49. The van der Waals surface area contributed by atoms with Crippen LogP contribution < -0.4 is 10.6 Å². The summed E-state index contributed by atoms with van der Waals surface area (Å²) in [5.74, 6) is -4.72. The molecular weight excluding hydrogens is 618 g/mol. The predicted octanol–water partition coefficient (Wildman–Crippen LogP) is 0.835. The summed E-state index contributed by atoms with van der Waals surface area (Å²) in [7, 11) is 1.40. The molecule has 16 nitrogen and oxygen atoms in total. The number of amides is 2. The molecule has 272 valence electrons.